The minimum Gasteiger partial charge on any atom is -0.462 e. The van der Waals surface area contributed by atoms with Crippen LogP contribution in [-0.2, 0) is 33.3 Å². The molecular formula is C36H35N3O12. The van der Waals surface area contributed by atoms with Crippen LogP contribution in [0.3, 0.4) is 0 Å². The molecule has 1 atom stereocenters. The van der Waals surface area contributed by atoms with Crippen molar-refractivity contribution in [3.8, 4) is 0 Å². The lowest BCUT2D eigenvalue weighted by Crippen LogP contribution is -2.49. The molecule has 15 nitrogen and oxygen atoms in total. The van der Waals surface area contributed by atoms with Crippen molar-refractivity contribution in [3.05, 3.63) is 94.5 Å². The van der Waals surface area contributed by atoms with Crippen LogP contribution in [0.1, 0.15) is 79.5 Å². The minimum atomic E-state index is -1.40. The standard InChI is InChI=1S/C36H35N3O12/c1-5-48-33(44)21-7-12-24(13-8-21)37-28(40)18-50-35(46)23-11-16-26-27(17-23)32(43)39(31(26)42)30(20(3)4)36(47)51-19-29(41)38-25-14-9-22(10-15-25)34(45)49-6-2/h7-17,20,30H,5-6,18-19H2,1-4H3,(H,37,40)(H,38,41). The third-order valence-corrected chi connectivity index (χ3v) is 7.34. The summed E-state index contributed by atoms with van der Waals surface area (Å²) < 4.78 is 20.1. The zero-order chi connectivity index (χ0) is 37.2. The lowest BCUT2D eigenvalue weighted by Gasteiger charge is -2.27. The topological polar surface area (TPSA) is 201 Å². The van der Waals surface area contributed by atoms with Crippen molar-refractivity contribution in [2.75, 3.05) is 37.1 Å². The van der Waals surface area contributed by atoms with Crippen LogP contribution >= 0.6 is 0 Å². The first kappa shape index (κ1) is 37.4. The fourth-order valence-corrected chi connectivity index (χ4v) is 4.95. The summed E-state index contributed by atoms with van der Waals surface area (Å²) in [5.74, 6) is -6.67. The van der Waals surface area contributed by atoms with Gasteiger partial charge >= 0.3 is 23.9 Å². The van der Waals surface area contributed by atoms with Crippen molar-refractivity contribution < 1.29 is 57.3 Å². The van der Waals surface area contributed by atoms with Gasteiger partial charge in [0.2, 0.25) is 0 Å². The summed E-state index contributed by atoms with van der Waals surface area (Å²) in [7, 11) is 0. The molecule has 4 rings (SSSR count). The molecule has 0 radical (unpaired) electrons. The lowest BCUT2D eigenvalue weighted by atomic mass is 10.0. The minimum absolute atomic E-state index is 0.0667. The summed E-state index contributed by atoms with van der Waals surface area (Å²) in [5, 5.41) is 5.04. The third-order valence-electron chi connectivity index (χ3n) is 7.34. The van der Waals surface area contributed by atoms with E-state index in [9.17, 15) is 38.4 Å². The van der Waals surface area contributed by atoms with Gasteiger partial charge in [-0.15, -0.1) is 0 Å². The third kappa shape index (κ3) is 9.20. The average molecular weight is 702 g/mol. The first-order chi connectivity index (χ1) is 24.3. The number of hydrogen-bond acceptors (Lipinski definition) is 12. The van der Waals surface area contributed by atoms with Crippen molar-refractivity contribution in [2.24, 2.45) is 5.92 Å². The summed E-state index contributed by atoms with van der Waals surface area (Å²) in [5.41, 5.74) is 0.881. The summed E-state index contributed by atoms with van der Waals surface area (Å²) in [6, 6.07) is 13.9. The van der Waals surface area contributed by atoms with Crippen LogP contribution in [0.15, 0.2) is 66.7 Å². The highest BCUT2D eigenvalue weighted by Crippen LogP contribution is 2.29. The summed E-state index contributed by atoms with van der Waals surface area (Å²) in [6.07, 6.45) is 0. The SMILES string of the molecule is CCOC(=O)c1ccc(NC(=O)COC(=O)c2ccc3c(c2)C(=O)N(C(C(=O)OCC(=O)Nc2ccc(C(=O)OCC)cc2)C(C)C)C3=O)cc1. The number of esters is 4. The highest BCUT2D eigenvalue weighted by Gasteiger charge is 2.45. The Balaban J connectivity index is 1.34. The number of nitrogens with zero attached hydrogens (tertiary/aromatic N) is 1. The molecule has 0 bridgehead atoms. The van der Waals surface area contributed by atoms with Crippen LogP contribution in [-0.4, -0.2) is 84.9 Å². The van der Waals surface area contributed by atoms with Gasteiger partial charge in [0.25, 0.3) is 23.6 Å². The molecule has 1 unspecified atom stereocenters. The maximum atomic E-state index is 13.4. The zero-order valence-corrected chi connectivity index (χ0v) is 28.2. The van der Waals surface area contributed by atoms with Crippen molar-refractivity contribution >= 4 is 58.9 Å². The number of amides is 4. The molecule has 266 valence electrons. The van der Waals surface area contributed by atoms with Gasteiger partial charge in [0.1, 0.15) is 6.04 Å². The quantitative estimate of drug-likeness (QED) is 0.141. The van der Waals surface area contributed by atoms with Crippen LogP contribution in [0.4, 0.5) is 11.4 Å². The van der Waals surface area contributed by atoms with E-state index in [-0.39, 0.29) is 35.5 Å². The van der Waals surface area contributed by atoms with Gasteiger partial charge in [-0.05, 0) is 86.5 Å². The molecule has 3 aromatic rings. The van der Waals surface area contributed by atoms with Gasteiger partial charge in [0.05, 0.1) is 41.0 Å². The molecule has 1 aliphatic heterocycles. The maximum absolute atomic E-state index is 13.4. The molecule has 0 aliphatic carbocycles. The molecule has 15 heteroatoms. The number of carbonyl (C=O) groups is 8. The lowest BCUT2D eigenvalue weighted by molar-refractivity contribution is -0.152. The number of carbonyl (C=O) groups excluding carboxylic acids is 8. The second-order valence-electron chi connectivity index (χ2n) is 11.3. The molecule has 1 aliphatic rings. The monoisotopic (exact) mass is 701 g/mol. The number of ether oxygens (including phenoxy) is 4. The Morgan fingerprint density at radius 2 is 1.02 bits per heavy atom. The molecule has 0 saturated carbocycles. The second kappa shape index (κ2) is 16.8. The number of anilines is 2. The van der Waals surface area contributed by atoms with E-state index in [0.717, 1.165) is 11.0 Å². The molecular weight excluding hydrogens is 666 g/mol. The molecule has 2 N–H and O–H groups in total. The normalized spacial score (nSPS) is 12.5. The van der Waals surface area contributed by atoms with Crippen LogP contribution in [0.2, 0.25) is 0 Å². The maximum Gasteiger partial charge on any atom is 0.338 e. The van der Waals surface area contributed by atoms with Gasteiger partial charge in [0, 0.05) is 11.4 Å². The molecule has 1 heterocycles. The zero-order valence-electron chi connectivity index (χ0n) is 28.2. The molecule has 0 fully saturated rings. The first-order valence-corrected chi connectivity index (χ1v) is 15.8. The molecule has 0 spiro atoms. The number of fused-ring (bicyclic) bond motifs is 1. The molecule has 0 aromatic heterocycles. The number of rotatable bonds is 14. The van der Waals surface area contributed by atoms with Crippen molar-refractivity contribution in [1.29, 1.82) is 0 Å². The first-order valence-electron chi connectivity index (χ1n) is 15.8. The average Bonchev–Trinajstić information content (AvgIpc) is 3.35. The van der Waals surface area contributed by atoms with E-state index in [4.69, 9.17) is 18.9 Å². The summed E-state index contributed by atoms with van der Waals surface area (Å²) in [4.78, 5) is 102. The largest absolute Gasteiger partial charge is 0.462 e. The van der Waals surface area contributed by atoms with E-state index in [1.54, 1.807) is 27.7 Å². The van der Waals surface area contributed by atoms with E-state index in [2.05, 4.69) is 10.6 Å². The molecule has 3 aromatic carbocycles. The Hall–Kier alpha value is -6.38. The number of hydrogen-bond donors (Lipinski definition) is 2. The fourth-order valence-electron chi connectivity index (χ4n) is 4.95. The Kier molecular flexibility index (Phi) is 12.4. The molecule has 0 saturated heterocycles. The van der Waals surface area contributed by atoms with E-state index >= 15 is 0 Å². The van der Waals surface area contributed by atoms with Crippen LogP contribution in [0.5, 0.6) is 0 Å². The summed E-state index contributed by atoms with van der Waals surface area (Å²) in [6.45, 7) is 5.54. The predicted molar refractivity (Wildman–Crippen MR) is 179 cm³/mol. The van der Waals surface area contributed by atoms with Gasteiger partial charge in [-0.25, -0.2) is 19.2 Å². The molecule has 4 amide bonds. The number of benzene rings is 3. The van der Waals surface area contributed by atoms with Gasteiger partial charge in [0.15, 0.2) is 13.2 Å². The summed E-state index contributed by atoms with van der Waals surface area (Å²) >= 11 is 0. The van der Waals surface area contributed by atoms with E-state index in [1.165, 1.54) is 60.7 Å². The number of imide groups is 1. The Morgan fingerprint density at radius 3 is 1.49 bits per heavy atom. The van der Waals surface area contributed by atoms with Gasteiger partial charge < -0.3 is 29.6 Å². The van der Waals surface area contributed by atoms with Gasteiger partial charge in [-0.2, -0.15) is 0 Å². The van der Waals surface area contributed by atoms with Gasteiger partial charge in [-0.1, -0.05) is 13.8 Å². The Morgan fingerprint density at radius 1 is 0.588 bits per heavy atom. The smallest absolute Gasteiger partial charge is 0.338 e. The van der Waals surface area contributed by atoms with Crippen molar-refractivity contribution in [2.45, 2.75) is 33.7 Å². The fraction of sp³-hybridized carbons (Fsp3) is 0.278. The number of nitrogens with one attached hydrogen (secondary N) is 2. The van der Waals surface area contributed by atoms with E-state index < -0.39 is 72.7 Å². The van der Waals surface area contributed by atoms with Crippen molar-refractivity contribution in [1.82, 2.24) is 4.90 Å². The van der Waals surface area contributed by atoms with Crippen LogP contribution < -0.4 is 10.6 Å². The predicted octanol–water partition coefficient (Wildman–Crippen LogP) is 3.64. The van der Waals surface area contributed by atoms with Gasteiger partial charge in [-0.3, -0.25) is 24.1 Å². The van der Waals surface area contributed by atoms with Crippen molar-refractivity contribution in [3.63, 3.8) is 0 Å². The Bertz CT molecular complexity index is 1850. The second-order valence-corrected chi connectivity index (χ2v) is 11.3. The highest BCUT2D eigenvalue weighted by molar-refractivity contribution is 6.23. The van der Waals surface area contributed by atoms with Crippen LogP contribution in [0.25, 0.3) is 0 Å². The molecule has 51 heavy (non-hydrogen) atoms. The highest BCUT2D eigenvalue weighted by atomic mass is 16.5. The van der Waals surface area contributed by atoms with E-state index in [0.29, 0.717) is 16.9 Å². The van der Waals surface area contributed by atoms with E-state index in [1.807, 2.05) is 0 Å². The Labute approximate surface area is 292 Å². The van der Waals surface area contributed by atoms with Crippen LogP contribution in [0, 0.1) is 5.92 Å².